The average molecular weight is 377 g/mol. The molecule has 2 heterocycles. The van der Waals surface area contributed by atoms with Crippen LogP contribution in [0, 0.1) is 4.77 Å². The van der Waals surface area contributed by atoms with Gasteiger partial charge in [-0.15, -0.1) is 5.10 Å². The minimum atomic E-state index is -0.201. The van der Waals surface area contributed by atoms with Gasteiger partial charge in [0.25, 0.3) is 5.91 Å². The fraction of sp³-hybridized carbons (Fsp3) is 0.0556. The zero-order chi connectivity index (χ0) is 18.8. The Hall–Kier alpha value is -3.59. The van der Waals surface area contributed by atoms with Crippen molar-refractivity contribution in [2.24, 2.45) is 7.05 Å². The molecule has 1 amide bonds. The highest BCUT2D eigenvalue weighted by Gasteiger charge is 2.10. The molecule has 0 fully saturated rings. The number of anilines is 1. The summed E-state index contributed by atoms with van der Waals surface area (Å²) in [5.74, 6) is 0.422. The molecule has 4 aromatic rings. The van der Waals surface area contributed by atoms with Crippen LogP contribution in [0.1, 0.15) is 10.4 Å². The number of nitrogens with one attached hydrogen (secondary N) is 2. The molecule has 0 aliphatic carbocycles. The second-order valence-electron chi connectivity index (χ2n) is 5.84. The number of rotatable bonds is 4. The first-order valence-corrected chi connectivity index (χ1v) is 8.53. The van der Waals surface area contributed by atoms with Crippen LogP contribution < -0.4 is 5.32 Å². The number of hydrogen-bond donors (Lipinski definition) is 2. The fourth-order valence-electron chi connectivity index (χ4n) is 2.71. The second-order valence-corrected chi connectivity index (χ2v) is 6.23. The van der Waals surface area contributed by atoms with E-state index >= 15 is 0 Å². The summed E-state index contributed by atoms with van der Waals surface area (Å²) in [6.07, 6.45) is 3.60. The minimum absolute atomic E-state index is 0.201. The van der Waals surface area contributed by atoms with Crippen molar-refractivity contribution in [2.45, 2.75) is 0 Å². The van der Waals surface area contributed by atoms with Crippen LogP contribution in [0.3, 0.4) is 0 Å². The Morgan fingerprint density at radius 1 is 1.19 bits per heavy atom. The number of benzene rings is 2. The van der Waals surface area contributed by atoms with Crippen LogP contribution in [-0.4, -0.2) is 35.7 Å². The molecule has 2 N–H and O–H groups in total. The molecule has 0 radical (unpaired) electrons. The number of H-pyrrole nitrogens is 1. The molecule has 134 valence electrons. The standard InChI is InChI=1S/C18H15N7OS/c1-24-16(21-22-23-24)13-3-2-4-14(11-13)20-17(26)12-5-7-15(8-6-12)25-10-9-19-18(25)27/h2-11H,1H3,(H,19,27)(H,20,26). The van der Waals surface area contributed by atoms with Gasteiger partial charge in [-0.1, -0.05) is 12.1 Å². The van der Waals surface area contributed by atoms with E-state index in [9.17, 15) is 4.79 Å². The van der Waals surface area contributed by atoms with Crippen molar-refractivity contribution in [3.05, 3.63) is 71.3 Å². The summed E-state index contributed by atoms with van der Waals surface area (Å²) in [6.45, 7) is 0. The third-order valence-electron chi connectivity index (χ3n) is 4.06. The van der Waals surface area contributed by atoms with E-state index in [2.05, 4.69) is 25.8 Å². The summed E-state index contributed by atoms with van der Waals surface area (Å²) < 4.78 is 4.00. The molecule has 0 saturated heterocycles. The fourth-order valence-corrected chi connectivity index (χ4v) is 2.94. The molecule has 4 rings (SSSR count). The molecular formula is C18H15N7OS. The predicted molar refractivity (Wildman–Crippen MR) is 103 cm³/mol. The number of carbonyl (C=O) groups is 1. The number of tetrazole rings is 1. The Labute approximate surface area is 159 Å². The highest BCUT2D eigenvalue weighted by molar-refractivity contribution is 7.71. The number of aromatic amines is 1. The van der Waals surface area contributed by atoms with Crippen molar-refractivity contribution < 1.29 is 4.79 Å². The first-order valence-electron chi connectivity index (χ1n) is 8.12. The van der Waals surface area contributed by atoms with Gasteiger partial charge in [0.2, 0.25) is 0 Å². The van der Waals surface area contributed by atoms with E-state index in [4.69, 9.17) is 12.2 Å². The van der Waals surface area contributed by atoms with Crippen molar-refractivity contribution in [3.8, 4) is 17.1 Å². The van der Waals surface area contributed by atoms with Crippen LogP contribution >= 0.6 is 12.2 Å². The lowest BCUT2D eigenvalue weighted by Crippen LogP contribution is -2.12. The van der Waals surface area contributed by atoms with E-state index in [1.165, 1.54) is 0 Å². The van der Waals surface area contributed by atoms with E-state index in [1.807, 2.05) is 47.2 Å². The van der Waals surface area contributed by atoms with Gasteiger partial charge < -0.3 is 10.3 Å². The van der Waals surface area contributed by atoms with Crippen molar-refractivity contribution in [1.82, 2.24) is 29.8 Å². The molecule has 27 heavy (non-hydrogen) atoms. The molecule has 8 nitrogen and oxygen atoms in total. The van der Waals surface area contributed by atoms with Crippen LogP contribution in [0.4, 0.5) is 5.69 Å². The molecule has 0 saturated carbocycles. The Morgan fingerprint density at radius 3 is 2.67 bits per heavy atom. The van der Waals surface area contributed by atoms with Gasteiger partial charge in [0.1, 0.15) is 0 Å². The number of aryl methyl sites for hydroxylation is 1. The quantitative estimate of drug-likeness (QED) is 0.533. The zero-order valence-corrected chi connectivity index (χ0v) is 15.1. The SMILES string of the molecule is Cn1nnnc1-c1cccc(NC(=O)c2ccc(-n3cc[nH]c3=S)cc2)c1. The lowest BCUT2D eigenvalue weighted by atomic mass is 10.1. The summed E-state index contributed by atoms with van der Waals surface area (Å²) >= 11 is 5.21. The van der Waals surface area contributed by atoms with Crippen LogP contribution in [0.5, 0.6) is 0 Å². The Morgan fingerprint density at radius 2 is 2.00 bits per heavy atom. The molecule has 9 heteroatoms. The van der Waals surface area contributed by atoms with Crippen molar-refractivity contribution in [2.75, 3.05) is 5.32 Å². The molecular weight excluding hydrogens is 362 g/mol. The summed E-state index contributed by atoms with van der Waals surface area (Å²) in [5.41, 5.74) is 2.91. The van der Waals surface area contributed by atoms with Crippen LogP contribution in [0.2, 0.25) is 0 Å². The Bertz CT molecular complexity index is 1160. The lowest BCUT2D eigenvalue weighted by Gasteiger charge is -2.08. The van der Waals surface area contributed by atoms with Gasteiger partial charge in [-0.2, -0.15) is 0 Å². The van der Waals surface area contributed by atoms with Gasteiger partial charge in [0.05, 0.1) is 0 Å². The van der Waals surface area contributed by atoms with Gasteiger partial charge >= 0.3 is 0 Å². The molecule has 0 aliphatic heterocycles. The molecule has 2 aromatic heterocycles. The zero-order valence-electron chi connectivity index (χ0n) is 14.3. The highest BCUT2D eigenvalue weighted by atomic mass is 32.1. The maximum absolute atomic E-state index is 12.6. The van der Waals surface area contributed by atoms with Crippen LogP contribution in [0.15, 0.2) is 60.9 Å². The van der Waals surface area contributed by atoms with Crippen LogP contribution in [0.25, 0.3) is 17.1 Å². The summed E-state index contributed by atoms with van der Waals surface area (Å²) in [6, 6.07) is 14.6. The molecule has 2 aromatic carbocycles. The monoisotopic (exact) mass is 377 g/mol. The summed E-state index contributed by atoms with van der Waals surface area (Å²) in [4.78, 5) is 15.5. The molecule has 0 unspecified atom stereocenters. The molecule has 0 bridgehead atoms. The van der Waals surface area contributed by atoms with Crippen LogP contribution in [-0.2, 0) is 7.05 Å². The largest absolute Gasteiger partial charge is 0.337 e. The van der Waals surface area contributed by atoms with E-state index in [0.29, 0.717) is 21.8 Å². The molecule has 0 spiro atoms. The van der Waals surface area contributed by atoms with Gasteiger partial charge in [-0.05, 0) is 59.0 Å². The highest BCUT2D eigenvalue weighted by Crippen LogP contribution is 2.20. The predicted octanol–water partition coefficient (Wildman–Crippen LogP) is 2.98. The maximum Gasteiger partial charge on any atom is 0.255 e. The van der Waals surface area contributed by atoms with Gasteiger partial charge in [-0.3, -0.25) is 9.36 Å². The third-order valence-corrected chi connectivity index (χ3v) is 4.37. The number of carbonyl (C=O) groups excluding carboxylic acids is 1. The van der Waals surface area contributed by atoms with Gasteiger partial charge in [0.15, 0.2) is 10.6 Å². The molecule has 0 aliphatic rings. The van der Waals surface area contributed by atoms with Crippen molar-refractivity contribution >= 4 is 23.8 Å². The van der Waals surface area contributed by atoms with Gasteiger partial charge in [0, 0.05) is 41.9 Å². The van der Waals surface area contributed by atoms with Crippen molar-refractivity contribution in [3.63, 3.8) is 0 Å². The maximum atomic E-state index is 12.6. The first-order chi connectivity index (χ1) is 13.1. The first kappa shape index (κ1) is 16.9. The lowest BCUT2D eigenvalue weighted by molar-refractivity contribution is 0.102. The minimum Gasteiger partial charge on any atom is -0.337 e. The average Bonchev–Trinajstić information content (AvgIpc) is 3.30. The van der Waals surface area contributed by atoms with E-state index < -0.39 is 0 Å². The number of hydrogen-bond acceptors (Lipinski definition) is 5. The Balaban J connectivity index is 1.53. The number of nitrogens with zero attached hydrogens (tertiary/aromatic N) is 5. The van der Waals surface area contributed by atoms with E-state index in [1.54, 1.807) is 30.1 Å². The number of aromatic nitrogens is 6. The smallest absolute Gasteiger partial charge is 0.255 e. The molecule has 0 atom stereocenters. The van der Waals surface area contributed by atoms with Crippen molar-refractivity contribution in [1.29, 1.82) is 0 Å². The van der Waals surface area contributed by atoms with E-state index in [0.717, 1.165) is 11.3 Å². The van der Waals surface area contributed by atoms with E-state index in [-0.39, 0.29) is 5.91 Å². The summed E-state index contributed by atoms with van der Waals surface area (Å²) in [5, 5.41) is 14.3. The van der Waals surface area contributed by atoms with Gasteiger partial charge in [-0.25, -0.2) is 4.68 Å². The number of amides is 1. The summed E-state index contributed by atoms with van der Waals surface area (Å²) in [7, 11) is 1.76. The Kier molecular flexibility index (Phi) is 4.35. The number of imidazole rings is 1. The second kappa shape index (κ2) is 6.96. The topological polar surface area (TPSA) is 93.4 Å². The normalized spacial score (nSPS) is 10.7. The third kappa shape index (κ3) is 3.40.